The van der Waals surface area contributed by atoms with Crippen molar-refractivity contribution >= 4 is 49.6 Å². The van der Waals surface area contributed by atoms with Gasteiger partial charge >= 0.3 is 0 Å². The summed E-state index contributed by atoms with van der Waals surface area (Å²) in [5.41, 5.74) is 17.5. The van der Waals surface area contributed by atoms with E-state index < -0.39 is 0 Å². The number of benzene rings is 8. The van der Waals surface area contributed by atoms with Crippen molar-refractivity contribution in [2.45, 2.75) is 38.5 Å². The normalized spacial score (nSPS) is 14.6. The Kier molecular flexibility index (Phi) is 6.39. The minimum atomic E-state index is -0.139. The standard InChI is InChI=1S/C52H40N2/c1-51(2)39-23-11-7-21-37(39)49-41(51)25-15-29-45(49)54(46-30-16-26-42-50(46)38-22-8-12-24-40(38)52(42,3)4)48-32-34-18-6-5-17-33(34)31-47(48)53-43-27-13-9-19-35(43)36-20-10-14-28-44(36)53/h5-32H,1-4H3. The fourth-order valence-corrected chi connectivity index (χ4v) is 9.99. The number of anilines is 3. The third kappa shape index (κ3) is 4.11. The Morgan fingerprint density at radius 3 is 1.35 bits per heavy atom. The molecule has 8 aromatic carbocycles. The summed E-state index contributed by atoms with van der Waals surface area (Å²) in [6.45, 7) is 9.52. The van der Waals surface area contributed by atoms with Crippen molar-refractivity contribution in [1.29, 1.82) is 0 Å². The summed E-state index contributed by atoms with van der Waals surface area (Å²) >= 11 is 0. The smallest absolute Gasteiger partial charge is 0.0709 e. The lowest BCUT2D eigenvalue weighted by molar-refractivity contribution is 0.660. The maximum absolute atomic E-state index is 2.61. The van der Waals surface area contributed by atoms with Crippen LogP contribution in [-0.2, 0) is 10.8 Å². The summed E-state index contributed by atoms with van der Waals surface area (Å²) < 4.78 is 2.50. The van der Waals surface area contributed by atoms with Crippen molar-refractivity contribution in [2.75, 3.05) is 4.90 Å². The van der Waals surface area contributed by atoms with Gasteiger partial charge in [0.15, 0.2) is 0 Å². The fourth-order valence-electron chi connectivity index (χ4n) is 9.99. The first-order valence-corrected chi connectivity index (χ1v) is 19.1. The maximum atomic E-state index is 2.61. The molecular formula is C52H40N2. The van der Waals surface area contributed by atoms with Crippen LogP contribution in [0.5, 0.6) is 0 Å². The van der Waals surface area contributed by atoms with Crippen LogP contribution in [0.3, 0.4) is 0 Å². The summed E-state index contributed by atoms with van der Waals surface area (Å²) in [6.07, 6.45) is 0. The third-order valence-electron chi connectivity index (χ3n) is 12.6. The molecule has 2 nitrogen and oxygen atoms in total. The van der Waals surface area contributed by atoms with Gasteiger partial charge in [-0.1, -0.05) is 161 Å². The van der Waals surface area contributed by atoms with E-state index in [-0.39, 0.29) is 10.8 Å². The van der Waals surface area contributed by atoms with Crippen molar-refractivity contribution in [1.82, 2.24) is 4.57 Å². The molecule has 0 saturated carbocycles. The van der Waals surface area contributed by atoms with Gasteiger partial charge in [0.1, 0.15) is 0 Å². The van der Waals surface area contributed by atoms with Gasteiger partial charge in [0.2, 0.25) is 0 Å². The largest absolute Gasteiger partial charge is 0.307 e. The Morgan fingerprint density at radius 1 is 0.389 bits per heavy atom. The monoisotopic (exact) mass is 692 g/mol. The fraction of sp³-hybridized carbons (Fsp3) is 0.115. The minimum absolute atomic E-state index is 0.139. The van der Waals surface area contributed by atoms with Crippen LogP contribution in [0.1, 0.15) is 49.9 Å². The SMILES string of the molecule is CC1(C)c2ccccc2-c2c(N(c3cc4ccccc4cc3-n3c4ccccc4c4ccccc43)c3cccc4c3-c3ccccc3C4(C)C)cccc21. The van der Waals surface area contributed by atoms with Crippen molar-refractivity contribution in [3.05, 3.63) is 192 Å². The van der Waals surface area contributed by atoms with E-state index >= 15 is 0 Å². The number of para-hydroxylation sites is 2. The molecule has 0 bridgehead atoms. The Hall–Kier alpha value is -6.38. The molecule has 9 aromatic rings. The van der Waals surface area contributed by atoms with E-state index in [4.69, 9.17) is 0 Å². The van der Waals surface area contributed by atoms with Crippen molar-refractivity contribution in [2.24, 2.45) is 0 Å². The Bertz CT molecular complexity index is 2850. The number of fused-ring (bicyclic) bond motifs is 10. The number of nitrogens with zero attached hydrogens (tertiary/aromatic N) is 2. The van der Waals surface area contributed by atoms with E-state index in [2.05, 4.69) is 207 Å². The second kappa shape index (κ2) is 11.1. The molecule has 2 aliphatic carbocycles. The van der Waals surface area contributed by atoms with E-state index in [0.717, 1.165) is 11.4 Å². The van der Waals surface area contributed by atoms with Gasteiger partial charge in [-0.3, -0.25) is 0 Å². The zero-order valence-electron chi connectivity index (χ0n) is 31.1. The highest BCUT2D eigenvalue weighted by Gasteiger charge is 2.41. The van der Waals surface area contributed by atoms with E-state index in [9.17, 15) is 0 Å². The Labute approximate surface area is 316 Å². The summed E-state index contributed by atoms with van der Waals surface area (Å²) in [6, 6.07) is 63.4. The third-order valence-corrected chi connectivity index (χ3v) is 12.6. The Balaban J connectivity index is 1.33. The summed E-state index contributed by atoms with van der Waals surface area (Å²) in [5.74, 6) is 0. The average Bonchev–Trinajstić information content (AvgIpc) is 3.75. The van der Waals surface area contributed by atoms with Crippen LogP contribution >= 0.6 is 0 Å². The van der Waals surface area contributed by atoms with Gasteiger partial charge in [0, 0.05) is 32.7 Å². The molecule has 1 heterocycles. The molecule has 0 unspecified atom stereocenters. The van der Waals surface area contributed by atoms with Gasteiger partial charge in [-0.15, -0.1) is 0 Å². The Morgan fingerprint density at radius 2 is 0.815 bits per heavy atom. The zero-order chi connectivity index (χ0) is 36.3. The van der Waals surface area contributed by atoms with Gasteiger partial charge < -0.3 is 9.47 Å². The molecule has 0 N–H and O–H groups in total. The average molecular weight is 693 g/mol. The molecule has 0 spiro atoms. The van der Waals surface area contributed by atoms with E-state index in [1.165, 1.54) is 88.5 Å². The number of rotatable bonds is 4. The van der Waals surface area contributed by atoms with Crippen molar-refractivity contribution in [3.8, 4) is 27.9 Å². The highest BCUT2D eigenvalue weighted by atomic mass is 15.2. The van der Waals surface area contributed by atoms with Crippen molar-refractivity contribution < 1.29 is 0 Å². The highest BCUT2D eigenvalue weighted by molar-refractivity contribution is 6.11. The van der Waals surface area contributed by atoms with Crippen LogP contribution in [-0.4, -0.2) is 4.57 Å². The molecule has 0 atom stereocenters. The van der Waals surface area contributed by atoms with Crippen LogP contribution in [0.4, 0.5) is 17.1 Å². The van der Waals surface area contributed by atoms with Gasteiger partial charge in [-0.05, 0) is 80.6 Å². The highest BCUT2D eigenvalue weighted by Crippen LogP contribution is 2.58. The lowest BCUT2D eigenvalue weighted by Gasteiger charge is -2.33. The molecule has 0 radical (unpaired) electrons. The zero-order valence-corrected chi connectivity index (χ0v) is 31.1. The molecule has 0 aliphatic heterocycles. The van der Waals surface area contributed by atoms with Gasteiger partial charge in [0.05, 0.1) is 33.8 Å². The van der Waals surface area contributed by atoms with Crippen molar-refractivity contribution in [3.63, 3.8) is 0 Å². The molecule has 2 aliphatic rings. The maximum Gasteiger partial charge on any atom is 0.0709 e. The predicted molar refractivity (Wildman–Crippen MR) is 228 cm³/mol. The predicted octanol–water partition coefficient (Wildman–Crippen LogP) is 14.0. The first kappa shape index (κ1) is 31.2. The van der Waals surface area contributed by atoms with Crippen LogP contribution in [0.2, 0.25) is 0 Å². The summed E-state index contributed by atoms with van der Waals surface area (Å²) in [7, 11) is 0. The van der Waals surface area contributed by atoms with E-state index in [0.29, 0.717) is 0 Å². The number of aromatic nitrogens is 1. The lowest BCUT2D eigenvalue weighted by atomic mass is 9.82. The first-order valence-electron chi connectivity index (χ1n) is 19.1. The second-order valence-corrected chi connectivity index (χ2v) is 16.1. The van der Waals surface area contributed by atoms with Crippen LogP contribution in [0, 0.1) is 0 Å². The molecular weight excluding hydrogens is 653 g/mol. The molecule has 0 fully saturated rings. The van der Waals surface area contributed by atoms with Gasteiger partial charge in [-0.25, -0.2) is 0 Å². The molecule has 54 heavy (non-hydrogen) atoms. The quantitative estimate of drug-likeness (QED) is 0.178. The summed E-state index contributed by atoms with van der Waals surface area (Å²) in [4.78, 5) is 2.61. The minimum Gasteiger partial charge on any atom is -0.307 e. The van der Waals surface area contributed by atoms with Gasteiger partial charge in [-0.2, -0.15) is 0 Å². The second-order valence-electron chi connectivity index (χ2n) is 16.1. The van der Waals surface area contributed by atoms with Crippen LogP contribution < -0.4 is 4.90 Å². The lowest BCUT2D eigenvalue weighted by Crippen LogP contribution is -2.18. The molecule has 0 amide bonds. The van der Waals surface area contributed by atoms with Gasteiger partial charge in [0.25, 0.3) is 0 Å². The first-order chi connectivity index (χ1) is 26.3. The molecule has 258 valence electrons. The summed E-state index contributed by atoms with van der Waals surface area (Å²) in [5, 5.41) is 4.94. The number of hydrogen-bond acceptors (Lipinski definition) is 1. The van der Waals surface area contributed by atoms with Crippen LogP contribution in [0.25, 0.3) is 60.5 Å². The van der Waals surface area contributed by atoms with Crippen LogP contribution in [0.15, 0.2) is 170 Å². The topological polar surface area (TPSA) is 8.17 Å². The number of hydrogen-bond donors (Lipinski definition) is 0. The molecule has 11 rings (SSSR count). The molecule has 1 aromatic heterocycles. The molecule has 0 saturated heterocycles. The van der Waals surface area contributed by atoms with E-state index in [1.807, 2.05) is 0 Å². The molecule has 2 heteroatoms. The van der Waals surface area contributed by atoms with E-state index in [1.54, 1.807) is 0 Å².